The van der Waals surface area contributed by atoms with E-state index in [4.69, 9.17) is 38.2 Å². The number of benzene rings is 2. The van der Waals surface area contributed by atoms with Crippen molar-refractivity contribution in [3.63, 3.8) is 0 Å². The van der Waals surface area contributed by atoms with Gasteiger partial charge in [0.15, 0.2) is 0 Å². The lowest BCUT2D eigenvalue weighted by Gasteiger charge is -2.46. The minimum absolute atomic E-state index is 0.00634. The van der Waals surface area contributed by atoms with Crippen LogP contribution in [0.25, 0.3) is 0 Å². The van der Waals surface area contributed by atoms with E-state index in [1.165, 1.54) is 52.7 Å². The molecule has 14 nitrogen and oxygen atoms in total. The van der Waals surface area contributed by atoms with Crippen molar-refractivity contribution >= 4 is 24.2 Å². The lowest BCUT2D eigenvalue weighted by atomic mass is 9.60. The molecule has 0 spiro atoms. The predicted octanol–water partition coefficient (Wildman–Crippen LogP) is 7.02. The molecular weight excluding hydrogens is 644 g/mol. The molecule has 2 aromatic rings. The second kappa shape index (κ2) is 17.0. The van der Waals surface area contributed by atoms with Gasteiger partial charge in [0.25, 0.3) is 0 Å². The van der Waals surface area contributed by atoms with Gasteiger partial charge in [-0.1, -0.05) is 13.8 Å². The second-order valence-corrected chi connectivity index (χ2v) is 12.5. The Hall–Kier alpha value is -4.88. The van der Waals surface area contributed by atoms with Gasteiger partial charge >= 0.3 is 24.2 Å². The average molecular weight is 689 g/mol. The molecule has 49 heavy (non-hydrogen) atoms. The van der Waals surface area contributed by atoms with E-state index in [0.29, 0.717) is 49.0 Å². The van der Waals surface area contributed by atoms with Crippen molar-refractivity contribution in [3.8, 4) is 23.0 Å². The first-order valence-corrected chi connectivity index (χ1v) is 16.1. The van der Waals surface area contributed by atoms with E-state index in [9.17, 15) is 19.2 Å². The lowest BCUT2D eigenvalue weighted by Crippen LogP contribution is -2.39. The fourth-order valence-corrected chi connectivity index (χ4v) is 6.67. The Bertz CT molecular complexity index is 1350. The van der Waals surface area contributed by atoms with Crippen molar-refractivity contribution in [3.05, 3.63) is 47.5 Å². The predicted molar refractivity (Wildman–Crippen MR) is 170 cm³/mol. The van der Waals surface area contributed by atoms with Crippen LogP contribution >= 0.6 is 0 Å². The minimum Gasteiger partial charge on any atom is -0.497 e. The summed E-state index contributed by atoms with van der Waals surface area (Å²) in [6, 6.07) is 9.13. The molecule has 268 valence electrons. The van der Waals surface area contributed by atoms with Gasteiger partial charge in [-0.2, -0.15) is 9.59 Å². The molecule has 2 aliphatic rings. The van der Waals surface area contributed by atoms with E-state index >= 15 is 0 Å². The minimum atomic E-state index is -1.09. The van der Waals surface area contributed by atoms with Crippen LogP contribution in [-0.4, -0.2) is 64.9 Å². The van der Waals surface area contributed by atoms with Crippen LogP contribution in [0, 0.1) is 17.3 Å². The zero-order valence-corrected chi connectivity index (χ0v) is 28.6. The molecule has 0 heterocycles. The van der Waals surface area contributed by atoms with Crippen LogP contribution in [0.4, 0.5) is 9.59 Å². The molecule has 4 rings (SSSR count). The van der Waals surface area contributed by atoms with E-state index in [0.717, 1.165) is 25.7 Å². The Morgan fingerprint density at radius 1 is 0.531 bits per heavy atom. The largest absolute Gasteiger partial charge is 0.550 e. The van der Waals surface area contributed by atoms with E-state index in [1.807, 2.05) is 0 Å². The van der Waals surface area contributed by atoms with Gasteiger partial charge in [-0.25, -0.2) is 29.1 Å². The first-order valence-electron chi connectivity index (χ1n) is 16.1. The summed E-state index contributed by atoms with van der Waals surface area (Å²) in [4.78, 5) is 68.2. The summed E-state index contributed by atoms with van der Waals surface area (Å²) in [7, 11) is 5.70. The van der Waals surface area contributed by atoms with Crippen LogP contribution < -0.4 is 18.9 Å². The van der Waals surface area contributed by atoms with Gasteiger partial charge in [0.2, 0.25) is 0 Å². The molecule has 2 aromatic carbocycles. The summed E-state index contributed by atoms with van der Waals surface area (Å²) in [5.74, 6) is 0.209. The van der Waals surface area contributed by atoms with Crippen molar-refractivity contribution in [1.29, 1.82) is 0 Å². The molecule has 0 aliphatic heterocycles. The van der Waals surface area contributed by atoms with Gasteiger partial charge in [0.05, 0.1) is 28.4 Å². The first-order chi connectivity index (χ1) is 23.5. The van der Waals surface area contributed by atoms with Crippen LogP contribution in [0.5, 0.6) is 23.0 Å². The SMILES string of the molecule is COc1ccc(OC)c(C(=O)OOC(=O)OC2CCC(C(C)(C)C3CCC(OC(=O)OOC(=O)c4cc(OC)ccc4OC)CC3)CC2)c1. The van der Waals surface area contributed by atoms with Crippen molar-refractivity contribution < 1.29 is 67.1 Å². The van der Waals surface area contributed by atoms with Crippen LogP contribution in [0.1, 0.15) is 85.9 Å². The topological polar surface area (TPSA) is 161 Å². The summed E-state index contributed by atoms with van der Waals surface area (Å²) in [5, 5.41) is 0. The number of carbonyl (C=O) groups is 4. The smallest absolute Gasteiger partial charge is 0.497 e. The third kappa shape index (κ3) is 9.61. The maximum Gasteiger partial charge on any atom is 0.550 e. The number of carbonyl (C=O) groups excluding carboxylic acids is 4. The molecule has 2 saturated carbocycles. The van der Waals surface area contributed by atoms with E-state index in [2.05, 4.69) is 23.6 Å². The number of hydrogen-bond donors (Lipinski definition) is 0. The van der Waals surface area contributed by atoms with Gasteiger partial charge in [-0.3, -0.25) is 0 Å². The third-order valence-electron chi connectivity index (χ3n) is 9.60. The van der Waals surface area contributed by atoms with Crippen molar-refractivity contribution in [1.82, 2.24) is 0 Å². The quantitative estimate of drug-likeness (QED) is 0.142. The van der Waals surface area contributed by atoms with Crippen LogP contribution in [0.15, 0.2) is 36.4 Å². The van der Waals surface area contributed by atoms with Gasteiger partial charge in [-0.15, -0.1) is 0 Å². The maximum atomic E-state index is 12.5. The lowest BCUT2D eigenvalue weighted by molar-refractivity contribution is -0.209. The third-order valence-corrected chi connectivity index (χ3v) is 9.60. The molecule has 0 saturated heterocycles. The van der Waals surface area contributed by atoms with Gasteiger partial charge in [-0.05, 0) is 105 Å². The number of hydrogen-bond acceptors (Lipinski definition) is 14. The van der Waals surface area contributed by atoms with Crippen molar-refractivity contribution in [2.45, 2.75) is 77.4 Å². The molecule has 0 bridgehead atoms. The summed E-state index contributed by atoms with van der Waals surface area (Å²) >= 11 is 0. The highest BCUT2D eigenvalue weighted by molar-refractivity contribution is 5.93. The molecule has 2 aliphatic carbocycles. The normalized spacial score (nSPS) is 20.5. The maximum absolute atomic E-state index is 12.5. The van der Waals surface area contributed by atoms with E-state index < -0.39 is 24.2 Å². The molecule has 14 heteroatoms. The second-order valence-electron chi connectivity index (χ2n) is 12.5. The van der Waals surface area contributed by atoms with E-state index in [-0.39, 0.29) is 40.2 Å². The molecule has 0 unspecified atom stereocenters. The first kappa shape index (κ1) is 36.9. The number of rotatable bonds is 10. The number of ether oxygens (including phenoxy) is 6. The summed E-state index contributed by atoms with van der Waals surface area (Å²) in [6.07, 6.45) is 3.05. The zero-order valence-electron chi connectivity index (χ0n) is 28.6. The van der Waals surface area contributed by atoms with Crippen LogP contribution in [-0.2, 0) is 29.0 Å². The Kier molecular flexibility index (Phi) is 12.8. The van der Waals surface area contributed by atoms with Gasteiger partial charge in [0, 0.05) is 0 Å². The summed E-state index contributed by atoms with van der Waals surface area (Å²) in [5.41, 5.74) is 0.0590. The Morgan fingerprint density at radius 3 is 1.22 bits per heavy atom. The molecule has 0 radical (unpaired) electrons. The molecule has 0 N–H and O–H groups in total. The Labute approximate surface area is 285 Å². The molecule has 0 amide bonds. The standard InChI is InChI=1S/C35H44O14/c1-35(2,21-7-11-23(12-8-21)44-33(38)48-46-31(36)27-19-25(40-3)15-17-29(27)42-5)22-9-13-24(14-10-22)45-34(39)49-47-32(37)28-20-26(41-4)16-18-30(28)43-6/h15-24H,7-14H2,1-6H3. The Morgan fingerprint density at radius 2 is 0.898 bits per heavy atom. The number of methoxy groups -OCH3 is 4. The van der Waals surface area contributed by atoms with Crippen molar-refractivity contribution in [2.24, 2.45) is 17.3 Å². The van der Waals surface area contributed by atoms with Gasteiger partial charge in [0.1, 0.15) is 46.3 Å². The molecule has 0 atom stereocenters. The van der Waals surface area contributed by atoms with E-state index in [1.54, 1.807) is 12.1 Å². The molecule has 0 aromatic heterocycles. The zero-order chi connectivity index (χ0) is 35.6. The van der Waals surface area contributed by atoms with Crippen LogP contribution in [0.2, 0.25) is 0 Å². The molecule has 2 fully saturated rings. The highest BCUT2D eigenvalue weighted by atomic mass is 17.2. The monoisotopic (exact) mass is 688 g/mol. The Balaban J connectivity index is 1.16. The summed E-state index contributed by atoms with van der Waals surface area (Å²) < 4.78 is 31.4. The fourth-order valence-electron chi connectivity index (χ4n) is 6.67. The highest BCUT2D eigenvalue weighted by Gasteiger charge is 2.42. The highest BCUT2D eigenvalue weighted by Crippen LogP contribution is 2.49. The van der Waals surface area contributed by atoms with Gasteiger partial charge < -0.3 is 28.4 Å². The van der Waals surface area contributed by atoms with Crippen molar-refractivity contribution in [2.75, 3.05) is 28.4 Å². The van der Waals surface area contributed by atoms with Crippen LogP contribution in [0.3, 0.4) is 0 Å². The molecular formula is C35H44O14. The fraction of sp³-hybridized carbons (Fsp3) is 0.543. The average Bonchev–Trinajstić information content (AvgIpc) is 3.12. The summed E-state index contributed by atoms with van der Waals surface area (Å²) in [6.45, 7) is 4.51.